The van der Waals surface area contributed by atoms with Crippen LogP contribution in [0.25, 0.3) is 6.08 Å². The Kier molecular flexibility index (Phi) is 4.25. The summed E-state index contributed by atoms with van der Waals surface area (Å²) in [4.78, 5) is 11.9. The number of benzene rings is 2. The molecule has 0 saturated carbocycles. The lowest BCUT2D eigenvalue weighted by atomic mass is 10.1. The van der Waals surface area contributed by atoms with Gasteiger partial charge >= 0.3 is 0 Å². The average molecular weight is 274 g/mol. The van der Waals surface area contributed by atoms with E-state index in [1.54, 1.807) is 24.3 Å². The maximum absolute atomic E-state index is 13.4. The van der Waals surface area contributed by atoms with Crippen LogP contribution in [0, 0.1) is 11.6 Å². The van der Waals surface area contributed by atoms with Crippen molar-refractivity contribution in [1.82, 2.24) is 0 Å². The molecule has 0 fully saturated rings. The van der Waals surface area contributed by atoms with Gasteiger partial charge in [-0.2, -0.15) is 0 Å². The summed E-state index contributed by atoms with van der Waals surface area (Å²) in [5.41, 5.74) is 0.443. The zero-order chi connectivity index (χ0) is 14.5. The molecule has 0 aliphatic carbocycles. The molecule has 0 radical (unpaired) electrons. The molecular formula is C16H12F2O2. The molecule has 2 nitrogen and oxygen atoms in total. The van der Waals surface area contributed by atoms with E-state index in [9.17, 15) is 13.6 Å². The molecule has 0 amide bonds. The van der Waals surface area contributed by atoms with Crippen LogP contribution < -0.4 is 4.74 Å². The van der Waals surface area contributed by atoms with Crippen LogP contribution >= 0.6 is 0 Å². The second-order valence-corrected chi connectivity index (χ2v) is 4.10. The first kappa shape index (κ1) is 13.9. The van der Waals surface area contributed by atoms with E-state index in [2.05, 4.69) is 0 Å². The van der Waals surface area contributed by atoms with E-state index in [4.69, 9.17) is 4.74 Å². The Morgan fingerprint density at radius 3 is 2.70 bits per heavy atom. The van der Waals surface area contributed by atoms with Crippen molar-refractivity contribution in [1.29, 1.82) is 0 Å². The lowest BCUT2D eigenvalue weighted by Crippen LogP contribution is -1.95. The Balaban J connectivity index is 2.22. The number of halogens is 2. The smallest absolute Gasteiger partial charge is 0.185 e. The Bertz CT molecular complexity index is 663. The quantitative estimate of drug-likeness (QED) is 0.625. The molecule has 0 aliphatic rings. The Hall–Kier alpha value is -2.49. The minimum Gasteiger partial charge on any atom is -0.497 e. The molecule has 102 valence electrons. The predicted octanol–water partition coefficient (Wildman–Crippen LogP) is 3.87. The second kappa shape index (κ2) is 6.10. The number of methoxy groups -OCH3 is 1. The number of allylic oxidation sites excluding steroid dienone is 1. The summed E-state index contributed by atoms with van der Waals surface area (Å²) in [6.45, 7) is 0. The molecule has 0 bridgehead atoms. The number of ketones is 1. The molecular weight excluding hydrogens is 262 g/mol. The standard InChI is InChI=1S/C16H12F2O2/c1-20-14-4-2-3-12(10-14)16(19)8-5-11-9-13(17)6-7-15(11)18/h2-10H,1H3/b8-5+. The summed E-state index contributed by atoms with van der Waals surface area (Å²) >= 11 is 0. The minimum absolute atomic E-state index is 0.0289. The van der Waals surface area contributed by atoms with Crippen LogP contribution in [0.3, 0.4) is 0 Å². The highest BCUT2D eigenvalue weighted by Crippen LogP contribution is 2.15. The molecule has 2 aromatic rings. The lowest BCUT2D eigenvalue weighted by Gasteiger charge is -2.01. The normalized spacial score (nSPS) is 10.8. The zero-order valence-electron chi connectivity index (χ0n) is 10.8. The molecule has 0 atom stereocenters. The summed E-state index contributed by atoms with van der Waals surface area (Å²) in [7, 11) is 1.50. The van der Waals surface area contributed by atoms with Gasteiger partial charge in [-0.15, -0.1) is 0 Å². The van der Waals surface area contributed by atoms with Gasteiger partial charge in [-0.1, -0.05) is 12.1 Å². The maximum atomic E-state index is 13.4. The Morgan fingerprint density at radius 2 is 1.95 bits per heavy atom. The average Bonchev–Trinajstić information content (AvgIpc) is 2.48. The zero-order valence-corrected chi connectivity index (χ0v) is 10.8. The molecule has 0 aliphatic heterocycles. The number of hydrogen-bond donors (Lipinski definition) is 0. The monoisotopic (exact) mass is 274 g/mol. The van der Waals surface area contributed by atoms with E-state index < -0.39 is 11.6 Å². The Labute approximate surface area is 115 Å². The van der Waals surface area contributed by atoms with Crippen molar-refractivity contribution in [2.75, 3.05) is 7.11 Å². The first-order chi connectivity index (χ1) is 9.60. The van der Waals surface area contributed by atoms with Crippen molar-refractivity contribution in [3.05, 3.63) is 71.3 Å². The highest BCUT2D eigenvalue weighted by atomic mass is 19.1. The molecule has 2 aromatic carbocycles. The van der Waals surface area contributed by atoms with E-state index in [0.29, 0.717) is 11.3 Å². The third kappa shape index (κ3) is 3.29. The molecule has 0 saturated heterocycles. The lowest BCUT2D eigenvalue weighted by molar-refractivity contribution is 0.104. The van der Waals surface area contributed by atoms with Crippen LogP contribution in [0.2, 0.25) is 0 Å². The van der Waals surface area contributed by atoms with Crippen molar-refractivity contribution in [2.24, 2.45) is 0 Å². The topological polar surface area (TPSA) is 26.3 Å². The molecule has 0 heterocycles. The molecule has 2 rings (SSSR count). The van der Waals surface area contributed by atoms with Crippen molar-refractivity contribution < 1.29 is 18.3 Å². The summed E-state index contributed by atoms with van der Waals surface area (Å²) < 4.78 is 31.4. The van der Waals surface area contributed by atoms with Crippen LogP contribution in [0.5, 0.6) is 5.75 Å². The van der Waals surface area contributed by atoms with Crippen LogP contribution in [-0.4, -0.2) is 12.9 Å². The van der Waals surface area contributed by atoms with Crippen LogP contribution in [-0.2, 0) is 0 Å². The van der Waals surface area contributed by atoms with E-state index >= 15 is 0 Å². The molecule has 0 spiro atoms. The SMILES string of the molecule is COc1cccc(C(=O)/C=C/c2cc(F)ccc2F)c1. The van der Waals surface area contributed by atoms with Crippen LogP contribution in [0.15, 0.2) is 48.5 Å². The summed E-state index contributed by atoms with van der Waals surface area (Å²) in [5.74, 6) is -0.894. The number of carbonyl (C=O) groups excluding carboxylic acids is 1. The van der Waals surface area contributed by atoms with Crippen molar-refractivity contribution >= 4 is 11.9 Å². The third-order valence-corrected chi connectivity index (χ3v) is 2.73. The molecule has 0 N–H and O–H groups in total. The molecule has 20 heavy (non-hydrogen) atoms. The minimum atomic E-state index is -0.582. The fourth-order valence-electron chi connectivity index (χ4n) is 1.68. The van der Waals surface area contributed by atoms with Gasteiger partial charge in [-0.3, -0.25) is 4.79 Å². The van der Waals surface area contributed by atoms with Gasteiger partial charge in [0.2, 0.25) is 0 Å². The van der Waals surface area contributed by atoms with Crippen molar-refractivity contribution in [3.8, 4) is 5.75 Å². The van der Waals surface area contributed by atoms with Crippen molar-refractivity contribution in [3.63, 3.8) is 0 Å². The number of carbonyl (C=O) groups is 1. The number of rotatable bonds is 4. The highest BCUT2D eigenvalue weighted by Gasteiger charge is 2.05. The van der Waals surface area contributed by atoms with Gasteiger partial charge in [0.05, 0.1) is 7.11 Å². The van der Waals surface area contributed by atoms with E-state index in [1.807, 2.05) is 0 Å². The van der Waals surface area contributed by atoms with Crippen LogP contribution in [0.1, 0.15) is 15.9 Å². The first-order valence-electron chi connectivity index (χ1n) is 5.91. The third-order valence-electron chi connectivity index (χ3n) is 2.73. The van der Waals surface area contributed by atoms with E-state index in [-0.39, 0.29) is 11.3 Å². The van der Waals surface area contributed by atoms with E-state index in [0.717, 1.165) is 18.2 Å². The van der Waals surface area contributed by atoms with Gasteiger partial charge in [0, 0.05) is 11.1 Å². The molecule has 0 unspecified atom stereocenters. The van der Waals surface area contributed by atoms with Crippen LogP contribution in [0.4, 0.5) is 8.78 Å². The van der Waals surface area contributed by atoms with E-state index in [1.165, 1.54) is 19.3 Å². The van der Waals surface area contributed by atoms with Gasteiger partial charge in [0.25, 0.3) is 0 Å². The number of ether oxygens (including phenoxy) is 1. The maximum Gasteiger partial charge on any atom is 0.185 e. The number of hydrogen-bond acceptors (Lipinski definition) is 2. The predicted molar refractivity (Wildman–Crippen MR) is 72.7 cm³/mol. The van der Waals surface area contributed by atoms with Crippen molar-refractivity contribution in [2.45, 2.75) is 0 Å². The summed E-state index contributed by atoms with van der Waals surface area (Å²) in [5, 5.41) is 0. The fourth-order valence-corrected chi connectivity index (χ4v) is 1.68. The summed E-state index contributed by atoms with van der Waals surface area (Å²) in [6, 6.07) is 9.67. The fraction of sp³-hybridized carbons (Fsp3) is 0.0625. The van der Waals surface area contributed by atoms with Gasteiger partial charge in [0.1, 0.15) is 17.4 Å². The van der Waals surface area contributed by atoms with Gasteiger partial charge < -0.3 is 4.74 Å². The molecule has 0 aromatic heterocycles. The van der Waals surface area contributed by atoms with Gasteiger partial charge in [0.15, 0.2) is 5.78 Å². The first-order valence-corrected chi connectivity index (χ1v) is 5.91. The highest BCUT2D eigenvalue weighted by molar-refractivity contribution is 6.07. The second-order valence-electron chi connectivity index (χ2n) is 4.10. The summed E-state index contributed by atoms with van der Waals surface area (Å²) in [6.07, 6.45) is 2.45. The Morgan fingerprint density at radius 1 is 1.15 bits per heavy atom. The molecule has 4 heteroatoms. The van der Waals surface area contributed by atoms with Gasteiger partial charge in [-0.25, -0.2) is 8.78 Å². The largest absolute Gasteiger partial charge is 0.497 e. The van der Waals surface area contributed by atoms with Gasteiger partial charge in [-0.05, 0) is 42.5 Å².